The van der Waals surface area contributed by atoms with Crippen molar-refractivity contribution in [3.63, 3.8) is 0 Å². The van der Waals surface area contributed by atoms with Crippen LogP contribution < -0.4 is 5.73 Å². The first-order chi connectivity index (χ1) is 10.6. The summed E-state index contributed by atoms with van der Waals surface area (Å²) in [5.74, 6) is 0.652. The minimum absolute atomic E-state index is 0.170. The van der Waals surface area contributed by atoms with Gasteiger partial charge in [-0.15, -0.1) is 0 Å². The third-order valence-electron chi connectivity index (χ3n) is 4.51. The van der Waals surface area contributed by atoms with Gasteiger partial charge in [0.05, 0.1) is 10.4 Å². The fraction of sp³-hybridized carbons (Fsp3) is 0.526. The number of allylic oxidation sites excluding steroid dienone is 5. The van der Waals surface area contributed by atoms with E-state index in [1.54, 1.807) is 0 Å². The van der Waals surface area contributed by atoms with E-state index < -0.39 is 0 Å². The van der Waals surface area contributed by atoms with Crippen molar-refractivity contribution in [3.8, 4) is 0 Å². The van der Waals surface area contributed by atoms with Crippen molar-refractivity contribution in [2.24, 2.45) is 10.7 Å². The Kier molecular flexibility index (Phi) is 6.13. The van der Waals surface area contributed by atoms with Crippen molar-refractivity contribution in [2.75, 3.05) is 6.26 Å². The summed E-state index contributed by atoms with van der Waals surface area (Å²) >= 11 is 1.94. The summed E-state index contributed by atoms with van der Waals surface area (Å²) in [4.78, 5) is 4.87. The molecular weight excluding hydrogens is 288 g/mol. The second-order valence-corrected chi connectivity index (χ2v) is 7.27. The Hall–Kier alpha value is -1.22. The Bertz CT molecular complexity index is 544. The number of rotatable bonds is 5. The summed E-state index contributed by atoms with van der Waals surface area (Å²) in [7, 11) is 0. The van der Waals surface area contributed by atoms with E-state index in [9.17, 15) is 0 Å². The topological polar surface area (TPSA) is 38.4 Å². The number of hydrogen-bond donors (Lipinski definition) is 1. The standard InChI is InChI=1S/C19H28N2S/c1-4-8-17(19(22-3)13-5-6-14-19)21-18(20)16-10-7-9-15(2)11-12-16/h8-12H,4-7,13-14H2,1-3H3,(H2,20,21)/b17-8-. The van der Waals surface area contributed by atoms with Crippen LogP contribution in [0.5, 0.6) is 0 Å². The summed E-state index contributed by atoms with van der Waals surface area (Å²) in [6.07, 6.45) is 20.0. The van der Waals surface area contributed by atoms with Crippen molar-refractivity contribution in [2.45, 2.75) is 57.1 Å². The molecule has 22 heavy (non-hydrogen) atoms. The van der Waals surface area contributed by atoms with Crippen LogP contribution in [0.25, 0.3) is 0 Å². The van der Waals surface area contributed by atoms with Gasteiger partial charge >= 0.3 is 0 Å². The SMILES string of the molecule is CC/C=C(\N=C(N)C1=CCC=C(C)C=C1)C1(SC)CCCC1. The Balaban J connectivity index is 2.29. The van der Waals surface area contributed by atoms with Crippen LogP contribution in [-0.4, -0.2) is 16.8 Å². The number of thioether (sulfide) groups is 1. The lowest BCUT2D eigenvalue weighted by molar-refractivity contribution is 0.691. The molecule has 0 amide bonds. The van der Waals surface area contributed by atoms with Gasteiger partial charge in [-0.2, -0.15) is 11.8 Å². The molecule has 120 valence electrons. The molecule has 0 aromatic rings. The Morgan fingerprint density at radius 1 is 1.32 bits per heavy atom. The molecule has 0 spiro atoms. The van der Waals surface area contributed by atoms with E-state index in [4.69, 9.17) is 10.7 Å². The van der Waals surface area contributed by atoms with Crippen LogP contribution in [0, 0.1) is 0 Å². The van der Waals surface area contributed by atoms with Crippen LogP contribution in [-0.2, 0) is 0 Å². The van der Waals surface area contributed by atoms with Crippen LogP contribution >= 0.6 is 11.8 Å². The quantitative estimate of drug-likeness (QED) is 0.563. The molecule has 2 aliphatic carbocycles. The van der Waals surface area contributed by atoms with Gasteiger partial charge in [0.2, 0.25) is 0 Å². The maximum absolute atomic E-state index is 6.33. The molecule has 1 saturated carbocycles. The predicted octanol–water partition coefficient (Wildman–Crippen LogP) is 5.15. The van der Waals surface area contributed by atoms with Gasteiger partial charge in [-0.3, -0.25) is 0 Å². The smallest absolute Gasteiger partial charge is 0.130 e. The van der Waals surface area contributed by atoms with E-state index in [0.29, 0.717) is 5.84 Å². The Labute approximate surface area is 139 Å². The summed E-state index contributed by atoms with van der Waals surface area (Å²) in [5, 5.41) is 0. The largest absolute Gasteiger partial charge is 0.383 e. The fourth-order valence-electron chi connectivity index (χ4n) is 3.15. The predicted molar refractivity (Wildman–Crippen MR) is 100 cm³/mol. The number of nitrogens with zero attached hydrogens (tertiary/aromatic N) is 1. The molecule has 0 radical (unpaired) electrons. The highest BCUT2D eigenvalue weighted by molar-refractivity contribution is 8.00. The monoisotopic (exact) mass is 316 g/mol. The molecule has 0 bridgehead atoms. The number of aliphatic imine (C=N–C) groups is 1. The van der Waals surface area contributed by atoms with E-state index in [1.807, 2.05) is 11.8 Å². The molecule has 1 fully saturated rings. The third kappa shape index (κ3) is 3.95. The first kappa shape index (κ1) is 17.1. The molecule has 2 aliphatic rings. The van der Waals surface area contributed by atoms with Crippen molar-refractivity contribution < 1.29 is 0 Å². The van der Waals surface area contributed by atoms with Crippen LogP contribution in [0.2, 0.25) is 0 Å². The summed E-state index contributed by atoms with van der Waals surface area (Å²) in [6, 6.07) is 0. The van der Waals surface area contributed by atoms with Gasteiger partial charge in [-0.25, -0.2) is 4.99 Å². The van der Waals surface area contributed by atoms with Crippen LogP contribution in [0.1, 0.15) is 52.4 Å². The van der Waals surface area contributed by atoms with E-state index in [0.717, 1.165) is 18.4 Å². The molecule has 0 heterocycles. The van der Waals surface area contributed by atoms with Crippen LogP contribution in [0.15, 0.2) is 52.2 Å². The van der Waals surface area contributed by atoms with Gasteiger partial charge in [-0.05, 0) is 38.9 Å². The minimum Gasteiger partial charge on any atom is -0.383 e. The highest BCUT2D eigenvalue weighted by atomic mass is 32.2. The molecule has 3 heteroatoms. The average molecular weight is 317 g/mol. The van der Waals surface area contributed by atoms with Gasteiger partial charge in [0, 0.05) is 5.57 Å². The van der Waals surface area contributed by atoms with Crippen molar-refractivity contribution >= 4 is 17.6 Å². The summed E-state index contributed by atoms with van der Waals surface area (Å²) < 4.78 is 0.170. The molecule has 2 rings (SSSR count). The van der Waals surface area contributed by atoms with E-state index in [-0.39, 0.29) is 4.75 Å². The van der Waals surface area contributed by atoms with Gasteiger partial charge in [-0.1, -0.05) is 55.7 Å². The van der Waals surface area contributed by atoms with Gasteiger partial charge in [0.25, 0.3) is 0 Å². The average Bonchev–Trinajstić information content (AvgIpc) is 2.90. The second kappa shape index (κ2) is 7.87. The lowest BCUT2D eigenvalue weighted by Gasteiger charge is -2.28. The highest BCUT2D eigenvalue weighted by Crippen LogP contribution is 2.46. The molecule has 0 aliphatic heterocycles. The molecule has 0 unspecified atom stereocenters. The zero-order valence-corrected chi connectivity index (χ0v) is 14.9. The first-order valence-corrected chi connectivity index (χ1v) is 9.49. The van der Waals surface area contributed by atoms with Crippen molar-refractivity contribution in [1.82, 2.24) is 0 Å². The zero-order chi connectivity index (χ0) is 16.0. The van der Waals surface area contributed by atoms with E-state index in [2.05, 4.69) is 50.5 Å². The zero-order valence-electron chi connectivity index (χ0n) is 14.1. The summed E-state index contributed by atoms with van der Waals surface area (Å²) in [5.41, 5.74) is 9.84. The lowest BCUT2D eigenvalue weighted by Crippen LogP contribution is -2.25. The van der Waals surface area contributed by atoms with E-state index in [1.165, 1.54) is 37.0 Å². The maximum Gasteiger partial charge on any atom is 0.130 e. The number of amidine groups is 1. The normalized spacial score (nSPS) is 22.3. The molecular formula is C19H28N2S. The highest BCUT2D eigenvalue weighted by Gasteiger charge is 2.36. The number of nitrogens with two attached hydrogens (primary N) is 1. The first-order valence-electron chi connectivity index (χ1n) is 8.26. The van der Waals surface area contributed by atoms with Crippen LogP contribution in [0.3, 0.4) is 0 Å². The molecule has 0 atom stereocenters. The second-order valence-electron chi connectivity index (χ2n) is 6.08. The molecule has 2 N–H and O–H groups in total. The summed E-state index contributed by atoms with van der Waals surface area (Å²) in [6.45, 7) is 4.29. The maximum atomic E-state index is 6.33. The molecule has 0 aromatic heterocycles. The van der Waals surface area contributed by atoms with Crippen LogP contribution in [0.4, 0.5) is 0 Å². The lowest BCUT2D eigenvalue weighted by atomic mass is 10.0. The third-order valence-corrected chi connectivity index (χ3v) is 5.91. The fourth-order valence-corrected chi connectivity index (χ4v) is 4.19. The minimum atomic E-state index is 0.170. The molecule has 2 nitrogen and oxygen atoms in total. The van der Waals surface area contributed by atoms with Crippen molar-refractivity contribution in [1.29, 1.82) is 0 Å². The van der Waals surface area contributed by atoms with Gasteiger partial charge < -0.3 is 5.73 Å². The van der Waals surface area contributed by atoms with Gasteiger partial charge in [0.15, 0.2) is 0 Å². The Morgan fingerprint density at radius 2 is 2.05 bits per heavy atom. The van der Waals surface area contributed by atoms with Crippen molar-refractivity contribution in [3.05, 3.63) is 47.2 Å². The number of hydrogen-bond acceptors (Lipinski definition) is 2. The van der Waals surface area contributed by atoms with E-state index >= 15 is 0 Å². The van der Waals surface area contributed by atoms with Gasteiger partial charge in [0.1, 0.15) is 5.84 Å². The molecule has 0 aromatic carbocycles. The Morgan fingerprint density at radius 3 is 2.68 bits per heavy atom. The molecule has 0 saturated heterocycles.